The molecular weight excluding hydrogens is 438 g/mol. The summed E-state index contributed by atoms with van der Waals surface area (Å²) in [6.07, 6.45) is 0. The van der Waals surface area contributed by atoms with Crippen molar-refractivity contribution in [2.45, 2.75) is 16.7 Å². The van der Waals surface area contributed by atoms with Crippen molar-refractivity contribution >= 4 is 11.8 Å². The molecule has 0 atom stereocenters. The Morgan fingerprint density at radius 3 is 2.12 bits per heavy atom. The predicted molar refractivity (Wildman–Crippen MR) is 127 cm³/mol. The lowest BCUT2D eigenvalue weighted by molar-refractivity contribution is 0.286. The van der Waals surface area contributed by atoms with E-state index >= 15 is 0 Å². The molecule has 0 spiro atoms. The maximum absolute atomic E-state index is 5.96. The smallest absolute Gasteiger partial charge is 0.331 e. The van der Waals surface area contributed by atoms with Crippen molar-refractivity contribution in [1.29, 1.82) is 0 Å². The number of hydrogen-bond donors (Lipinski definition) is 0. The van der Waals surface area contributed by atoms with Gasteiger partial charge in [0, 0.05) is 9.79 Å². The molecule has 0 saturated heterocycles. The summed E-state index contributed by atoms with van der Waals surface area (Å²) in [6, 6.07) is 24.4. The molecule has 1 heterocycles. The molecule has 0 aliphatic heterocycles. The number of methoxy groups -OCH3 is 2. The van der Waals surface area contributed by atoms with E-state index in [1.165, 1.54) is 7.11 Å². The largest absolute Gasteiger partial charge is 0.497 e. The van der Waals surface area contributed by atoms with Gasteiger partial charge in [-0.1, -0.05) is 42.1 Å². The first-order chi connectivity index (χ1) is 16.2. The van der Waals surface area contributed by atoms with E-state index in [-0.39, 0.29) is 18.0 Å². The van der Waals surface area contributed by atoms with Crippen LogP contribution in [0.4, 0.5) is 0 Å². The van der Waals surface area contributed by atoms with Crippen LogP contribution < -0.4 is 18.9 Å². The van der Waals surface area contributed by atoms with Gasteiger partial charge in [0.1, 0.15) is 11.5 Å². The Morgan fingerprint density at radius 1 is 0.727 bits per heavy atom. The maximum atomic E-state index is 5.96. The normalized spacial score (nSPS) is 10.5. The van der Waals surface area contributed by atoms with Gasteiger partial charge in [-0.3, -0.25) is 0 Å². The summed E-state index contributed by atoms with van der Waals surface area (Å²) in [6.45, 7) is 2.27. The molecule has 0 radical (unpaired) electrons. The zero-order valence-corrected chi connectivity index (χ0v) is 19.3. The fraction of sp³-hybridized carbons (Fsp3) is 0.160. The van der Waals surface area contributed by atoms with Crippen LogP contribution in [-0.2, 0) is 0 Å². The Bertz CT molecular complexity index is 1200. The molecule has 0 aliphatic rings. The van der Waals surface area contributed by atoms with E-state index in [1.54, 1.807) is 18.9 Å². The van der Waals surface area contributed by atoms with E-state index < -0.39 is 0 Å². The van der Waals surface area contributed by atoms with Crippen LogP contribution in [0.25, 0.3) is 11.1 Å². The zero-order chi connectivity index (χ0) is 23.0. The average Bonchev–Trinajstić information content (AvgIpc) is 2.86. The first-order valence-electron chi connectivity index (χ1n) is 10.3. The Morgan fingerprint density at radius 2 is 1.42 bits per heavy atom. The molecule has 0 saturated carbocycles. The second-order valence-electron chi connectivity index (χ2n) is 6.72. The summed E-state index contributed by atoms with van der Waals surface area (Å²) in [5, 5.41) is 0. The van der Waals surface area contributed by atoms with E-state index in [2.05, 4.69) is 27.1 Å². The van der Waals surface area contributed by atoms with E-state index in [0.717, 1.165) is 26.7 Å². The van der Waals surface area contributed by atoms with Crippen molar-refractivity contribution in [1.82, 2.24) is 15.0 Å². The van der Waals surface area contributed by atoms with Crippen LogP contribution in [-0.4, -0.2) is 35.8 Å². The van der Waals surface area contributed by atoms with Gasteiger partial charge in [0.25, 0.3) is 0 Å². The molecule has 0 amide bonds. The van der Waals surface area contributed by atoms with Gasteiger partial charge in [-0.25, -0.2) is 0 Å². The quantitative estimate of drug-likeness (QED) is 0.305. The Hall–Kier alpha value is -3.78. The Kier molecular flexibility index (Phi) is 7.26. The Balaban J connectivity index is 1.67. The van der Waals surface area contributed by atoms with Crippen LogP contribution in [0.2, 0.25) is 0 Å². The molecular formula is C25H23N3O4S. The summed E-state index contributed by atoms with van der Waals surface area (Å²) in [5.74, 6) is 1.41. The van der Waals surface area contributed by atoms with Gasteiger partial charge in [0.2, 0.25) is 0 Å². The highest BCUT2D eigenvalue weighted by Gasteiger charge is 2.13. The minimum Gasteiger partial charge on any atom is -0.497 e. The molecule has 4 aromatic rings. The number of hydrogen-bond acceptors (Lipinski definition) is 8. The minimum absolute atomic E-state index is 0.0971. The minimum atomic E-state index is 0.0971. The molecule has 7 nitrogen and oxygen atoms in total. The molecule has 168 valence electrons. The van der Waals surface area contributed by atoms with Crippen molar-refractivity contribution < 1.29 is 18.9 Å². The number of nitrogens with zero attached hydrogens (tertiary/aromatic N) is 3. The lowest BCUT2D eigenvalue weighted by Gasteiger charge is -2.13. The van der Waals surface area contributed by atoms with E-state index in [4.69, 9.17) is 18.9 Å². The van der Waals surface area contributed by atoms with Gasteiger partial charge in [-0.05, 0) is 60.5 Å². The highest BCUT2D eigenvalue weighted by atomic mass is 32.2. The van der Waals surface area contributed by atoms with Gasteiger partial charge in [0.05, 0.1) is 20.8 Å². The number of rotatable bonds is 9. The average molecular weight is 462 g/mol. The second-order valence-corrected chi connectivity index (χ2v) is 7.84. The van der Waals surface area contributed by atoms with Crippen molar-refractivity contribution in [3.8, 4) is 40.7 Å². The third kappa shape index (κ3) is 5.72. The van der Waals surface area contributed by atoms with Crippen LogP contribution in [0.5, 0.6) is 29.5 Å². The summed E-state index contributed by atoms with van der Waals surface area (Å²) in [5.41, 5.74) is 2.10. The molecule has 0 N–H and O–H groups in total. The topological polar surface area (TPSA) is 75.6 Å². The Labute approximate surface area is 196 Å². The number of benzene rings is 3. The number of ether oxygens (including phenoxy) is 4. The van der Waals surface area contributed by atoms with Crippen LogP contribution >= 0.6 is 11.8 Å². The van der Waals surface area contributed by atoms with E-state index in [0.29, 0.717) is 12.4 Å². The number of aromatic nitrogens is 3. The van der Waals surface area contributed by atoms with Crippen molar-refractivity contribution in [3.63, 3.8) is 0 Å². The van der Waals surface area contributed by atoms with Crippen LogP contribution in [0, 0.1) is 0 Å². The lowest BCUT2D eigenvalue weighted by atomic mass is 10.1. The SMILES string of the molecule is CCOc1nc(OC)nc(Oc2ccc(Sc3ccc(OC)cc3)c(-c3ccccc3)c2)n1. The van der Waals surface area contributed by atoms with Crippen LogP contribution in [0.15, 0.2) is 82.6 Å². The van der Waals surface area contributed by atoms with E-state index in [9.17, 15) is 0 Å². The zero-order valence-electron chi connectivity index (χ0n) is 18.5. The predicted octanol–water partition coefficient (Wildman–Crippen LogP) is 5.90. The molecule has 0 unspecified atom stereocenters. The molecule has 4 rings (SSSR count). The molecule has 1 aromatic heterocycles. The van der Waals surface area contributed by atoms with Crippen molar-refractivity contribution in [2.24, 2.45) is 0 Å². The first kappa shape index (κ1) is 22.4. The summed E-state index contributed by atoms with van der Waals surface area (Å²) < 4.78 is 21.7. The standard InChI is InChI=1S/C25H23N3O4S/c1-4-31-24-26-23(30-3)27-25(28-24)32-19-12-15-22(21(16-19)17-8-6-5-7-9-17)33-20-13-10-18(29-2)11-14-20/h5-16H,4H2,1-3H3. The lowest BCUT2D eigenvalue weighted by Crippen LogP contribution is -2.03. The summed E-state index contributed by atoms with van der Waals surface area (Å²) in [7, 11) is 3.14. The molecule has 0 fully saturated rings. The van der Waals surface area contributed by atoms with Crippen LogP contribution in [0.1, 0.15) is 6.92 Å². The highest BCUT2D eigenvalue weighted by Crippen LogP contribution is 2.39. The fourth-order valence-corrected chi connectivity index (χ4v) is 3.98. The fourth-order valence-electron chi connectivity index (χ4n) is 3.03. The molecule has 8 heteroatoms. The highest BCUT2D eigenvalue weighted by molar-refractivity contribution is 7.99. The van der Waals surface area contributed by atoms with Gasteiger partial charge in [-0.2, -0.15) is 0 Å². The van der Waals surface area contributed by atoms with Gasteiger partial charge >= 0.3 is 18.0 Å². The van der Waals surface area contributed by atoms with Crippen molar-refractivity contribution in [2.75, 3.05) is 20.8 Å². The molecule has 0 aliphatic carbocycles. The molecule has 3 aromatic carbocycles. The van der Waals surface area contributed by atoms with E-state index in [1.807, 2.05) is 67.6 Å². The van der Waals surface area contributed by atoms with Gasteiger partial charge in [-0.15, -0.1) is 15.0 Å². The third-order valence-corrected chi connectivity index (χ3v) is 5.65. The summed E-state index contributed by atoms with van der Waals surface area (Å²) in [4.78, 5) is 14.6. The molecule has 33 heavy (non-hydrogen) atoms. The van der Waals surface area contributed by atoms with Gasteiger partial charge in [0.15, 0.2) is 0 Å². The summed E-state index contributed by atoms with van der Waals surface area (Å²) >= 11 is 1.67. The second kappa shape index (κ2) is 10.7. The van der Waals surface area contributed by atoms with Crippen molar-refractivity contribution in [3.05, 3.63) is 72.8 Å². The first-order valence-corrected chi connectivity index (χ1v) is 11.1. The third-order valence-electron chi connectivity index (χ3n) is 4.56. The monoisotopic (exact) mass is 461 g/mol. The van der Waals surface area contributed by atoms with Crippen LogP contribution in [0.3, 0.4) is 0 Å². The molecule has 0 bridgehead atoms. The van der Waals surface area contributed by atoms with Gasteiger partial charge < -0.3 is 18.9 Å². The maximum Gasteiger partial charge on any atom is 0.331 e.